The molecule has 7 heteroatoms. The highest BCUT2D eigenvalue weighted by atomic mass is 16.5. The number of fused-ring (bicyclic) bond motifs is 3. The molecule has 4 aromatic rings. The highest BCUT2D eigenvalue weighted by Gasteiger charge is 2.29. The van der Waals surface area contributed by atoms with Crippen molar-refractivity contribution in [2.75, 3.05) is 11.9 Å². The number of imidazole rings is 1. The van der Waals surface area contributed by atoms with E-state index in [0.29, 0.717) is 13.2 Å². The highest BCUT2D eigenvalue weighted by molar-refractivity contribution is 5.79. The summed E-state index contributed by atoms with van der Waals surface area (Å²) in [6.07, 6.45) is -0.396. The first-order valence-corrected chi connectivity index (χ1v) is 11.0. The largest absolute Gasteiger partial charge is 0.489 e. The van der Waals surface area contributed by atoms with Crippen LogP contribution in [-0.2, 0) is 16.1 Å². The molecule has 0 unspecified atom stereocenters. The standard InChI is InChI=1S/C26H23N3O4/c1-15-27-20-6-2-3-7-22(20)29(15)23-8-4-5-19-21(14-33-26(19)23)28-17-9-10-18-16(11-17)13-32-24(18)12-25(30)31/h2-11,21,24,28H,12-14H2,1H3,(H,30,31)/t21-,24+/m1/s1. The second-order valence-corrected chi connectivity index (χ2v) is 8.50. The molecule has 166 valence electrons. The zero-order valence-electron chi connectivity index (χ0n) is 18.1. The van der Waals surface area contributed by atoms with Crippen molar-refractivity contribution in [1.82, 2.24) is 9.55 Å². The first-order chi connectivity index (χ1) is 16.1. The van der Waals surface area contributed by atoms with Gasteiger partial charge in [0.1, 0.15) is 18.2 Å². The molecule has 0 radical (unpaired) electrons. The predicted molar refractivity (Wildman–Crippen MR) is 124 cm³/mol. The topological polar surface area (TPSA) is 85.6 Å². The van der Waals surface area contributed by atoms with E-state index >= 15 is 0 Å². The lowest BCUT2D eigenvalue weighted by Gasteiger charge is -2.15. The number of nitrogens with one attached hydrogen (secondary N) is 1. The molecule has 0 saturated heterocycles. The van der Waals surface area contributed by atoms with E-state index in [1.54, 1.807) is 0 Å². The summed E-state index contributed by atoms with van der Waals surface area (Å²) >= 11 is 0. The van der Waals surface area contributed by atoms with Crippen molar-refractivity contribution in [2.45, 2.75) is 32.1 Å². The molecule has 0 aliphatic carbocycles. The summed E-state index contributed by atoms with van der Waals surface area (Å²) in [6.45, 7) is 2.96. The number of aryl methyl sites for hydroxylation is 1. The first kappa shape index (κ1) is 19.8. The van der Waals surface area contributed by atoms with E-state index in [4.69, 9.17) is 19.6 Å². The molecule has 0 bridgehead atoms. The van der Waals surface area contributed by atoms with Gasteiger partial charge in [-0.15, -0.1) is 0 Å². The summed E-state index contributed by atoms with van der Waals surface area (Å²) in [5.74, 6) is 0.929. The molecule has 3 heterocycles. The van der Waals surface area contributed by atoms with Crippen LogP contribution in [0.4, 0.5) is 5.69 Å². The summed E-state index contributed by atoms with van der Waals surface area (Å²) in [5, 5.41) is 12.7. The van der Waals surface area contributed by atoms with Crippen molar-refractivity contribution >= 4 is 22.7 Å². The first-order valence-electron chi connectivity index (χ1n) is 11.0. The van der Waals surface area contributed by atoms with Crippen LogP contribution in [0.1, 0.15) is 41.1 Å². The molecule has 2 aliphatic rings. The van der Waals surface area contributed by atoms with Gasteiger partial charge >= 0.3 is 5.97 Å². The van der Waals surface area contributed by atoms with Gasteiger partial charge in [0.05, 0.1) is 41.9 Å². The fourth-order valence-electron chi connectivity index (χ4n) is 4.92. The molecule has 1 aromatic heterocycles. The molecule has 0 amide bonds. The quantitative estimate of drug-likeness (QED) is 0.457. The number of para-hydroxylation sites is 3. The molecule has 0 saturated carbocycles. The van der Waals surface area contributed by atoms with E-state index in [1.807, 2.05) is 43.3 Å². The van der Waals surface area contributed by atoms with E-state index in [2.05, 4.69) is 34.1 Å². The lowest BCUT2D eigenvalue weighted by atomic mass is 10.0. The number of benzene rings is 3. The number of hydrogen-bond acceptors (Lipinski definition) is 5. The summed E-state index contributed by atoms with van der Waals surface area (Å²) in [7, 11) is 0. The van der Waals surface area contributed by atoms with Crippen LogP contribution in [0.5, 0.6) is 5.75 Å². The summed E-state index contributed by atoms with van der Waals surface area (Å²) in [6, 6.07) is 20.3. The summed E-state index contributed by atoms with van der Waals surface area (Å²) in [5.41, 5.74) is 7.05. The second kappa shape index (κ2) is 7.64. The maximum Gasteiger partial charge on any atom is 0.306 e. The van der Waals surface area contributed by atoms with Crippen molar-refractivity contribution in [2.24, 2.45) is 0 Å². The van der Waals surface area contributed by atoms with Gasteiger partial charge in [-0.2, -0.15) is 0 Å². The monoisotopic (exact) mass is 441 g/mol. The minimum Gasteiger partial charge on any atom is -0.489 e. The molecule has 3 aromatic carbocycles. The minimum absolute atomic E-state index is 0.00484. The maximum absolute atomic E-state index is 11.1. The van der Waals surface area contributed by atoms with E-state index in [9.17, 15) is 4.79 Å². The zero-order valence-corrected chi connectivity index (χ0v) is 18.1. The number of anilines is 1. The molecule has 6 rings (SSSR count). The van der Waals surface area contributed by atoms with Crippen LogP contribution in [-0.4, -0.2) is 27.2 Å². The third-order valence-corrected chi connectivity index (χ3v) is 6.39. The summed E-state index contributed by atoms with van der Waals surface area (Å²) < 4.78 is 14.0. The van der Waals surface area contributed by atoms with Crippen LogP contribution in [0.25, 0.3) is 16.7 Å². The van der Waals surface area contributed by atoms with Crippen LogP contribution >= 0.6 is 0 Å². The van der Waals surface area contributed by atoms with Crippen LogP contribution < -0.4 is 10.1 Å². The molecular formula is C26H23N3O4. The van der Waals surface area contributed by atoms with E-state index in [0.717, 1.165) is 50.7 Å². The van der Waals surface area contributed by atoms with Gasteiger partial charge in [0.25, 0.3) is 0 Å². The van der Waals surface area contributed by atoms with Gasteiger partial charge in [0.2, 0.25) is 0 Å². The fourth-order valence-corrected chi connectivity index (χ4v) is 4.92. The molecule has 2 aliphatic heterocycles. The smallest absolute Gasteiger partial charge is 0.306 e. The van der Waals surface area contributed by atoms with Gasteiger partial charge in [-0.3, -0.25) is 9.36 Å². The number of nitrogens with zero attached hydrogens (tertiary/aromatic N) is 2. The van der Waals surface area contributed by atoms with Gasteiger partial charge in [-0.25, -0.2) is 4.98 Å². The summed E-state index contributed by atoms with van der Waals surface area (Å²) in [4.78, 5) is 15.8. The Bertz CT molecular complexity index is 1390. The van der Waals surface area contributed by atoms with Crippen LogP contribution in [0.15, 0.2) is 60.7 Å². The van der Waals surface area contributed by atoms with Gasteiger partial charge in [-0.1, -0.05) is 30.3 Å². The molecule has 33 heavy (non-hydrogen) atoms. The van der Waals surface area contributed by atoms with Gasteiger partial charge < -0.3 is 19.9 Å². The number of aliphatic carboxylic acids is 1. The molecule has 0 spiro atoms. The number of ether oxygens (including phenoxy) is 2. The lowest BCUT2D eigenvalue weighted by molar-refractivity contribution is -0.140. The molecule has 0 fully saturated rings. The van der Waals surface area contributed by atoms with Crippen molar-refractivity contribution in [3.05, 3.63) is 83.2 Å². The number of carboxylic acid groups (broad SMARTS) is 1. The van der Waals surface area contributed by atoms with Crippen molar-refractivity contribution in [1.29, 1.82) is 0 Å². The van der Waals surface area contributed by atoms with Gasteiger partial charge in [0.15, 0.2) is 0 Å². The maximum atomic E-state index is 11.1. The Morgan fingerprint density at radius 1 is 1.15 bits per heavy atom. The van der Waals surface area contributed by atoms with Gasteiger partial charge in [0, 0.05) is 11.3 Å². The Morgan fingerprint density at radius 2 is 2.03 bits per heavy atom. The van der Waals surface area contributed by atoms with E-state index in [1.165, 1.54) is 0 Å². The predicted octanol–water partition coefficient (Wildman–Crippen LogP) is 4.93. The van der Waals surface area contributed by atoms with E-state index < -0.39 is 5.97 Å². The van der Waals surface area contributed by atoms with Crippen LogP contribution in [0, 0.1) is 6.92 Å². The van der Waals surface area contributed by atoms with Gasteiger partial charge in [-0.05, 0) is 48.4 Å². The van der Waals surface area contributed by atoms with Crippen molar-refractivity contribution in [3.63, 3.8) is 0 Å². The number of carbonyl (C=O) groups is 1. The highest BCUT2D eigenvalue weighted by Crippen LogP contribution is 2.41. The third kappa shape index (κ3) is 3.32. The van der Waals surface area contributed by atoms with Crippen LogP contribution in [0.3, 0.4) is 0 Å². The molecule has 2 N–H and O–H groups in total. The lowest BCUT2D eigenvalue weighted by Crippen LogP contribution is -2.12. The average molecular weight is 441 g/mol. The normalized spacial score (nSPS) is 18.7. The van der Waals surface area contributed by atoms with Crippen molar-refractivity contribution in [3.8, 4) is 11.4 Å². The van der Waals surface area contributed by atoms with E-state index in [-0.39, 0.29) is 18.6 Å². The van der Waals surface area contributed by atoms with Crippen molar-refractivity contribution < 1.29 is 19.4 Å². The average Bonchev–Trinajstić information content (AvgIpc) is 3.48. The number of carboxylic acids is 1. The SMILES string of the molecule is Cc1nc2ccccc2n1-c1cccc2c1OC[C@H]2Nc1ccc2c(c1)CO[C@H]2CC(=O)O. The minimum atomic E-state index is -0.855. The molecular weight excluding hydrogens is 418 g/mol. The number of aromatic nitrogens is 2. The number of rotatable bonds is 5. The Balaban J connectivity index is 1.30. The number of hydrogen-bond donors (Lipinski definition) is 2. The zero-order chi connectivity index (χ0) is 22.5. The Labute approximate surface area is 190 Å². The molecule has 7 nitrogen and oxygen atoms in total. The fraction of sp³-hybridized carbons (Fsp3) is 0.231. The molecule has 2 atom stereocenters. The Morgan fingerprint density at radius 3 is 2.91 bits per heavy atom. The van der Waals surface area contributed by atoms with Crippen LogP contribution in [0.2, 0.25) is 0 Å². The Hall–Kier alpha value is -3.84. The Kier molecular flexibility index (Phi) is 4.58. The second-order valence-electron chi connectivity index (χ2n) is 8.50. The third-order valence-electron chi connectivity index (χ3n) is 6.39.